The van der Waals surface area contributed by atoms with Gasteiger partial charge >= 0.3 is 6.03 Å². The molecule has 41 heavy (non-hydrogen) atoms. The lowest BCUT2D eigenvalue weighted by Crippen LogP contribution is -2.40. The number of aromatic nitrogens is 4. The largest absolute Gasteiger partial charge is 0.388 e. The minimum Gasteiger partial charge on any atom is -0.388 e. The van der Waals surface area contributed by atoms with E-state index in [2.05, 4.69) is 78.3 Å². The van der Waals surface area contributed by atoms with Crippen molar-refractivity contribution in [3.8, 4) is 11.1 Å². The molecule has 0 aliphatic heterocycles. The first kappa shape index (κ1) is 26.9. The topological polar surface area (TPSA) is 107 Å². The molecular weight excluding hydrogens is 580 g/mol. The highest BCUT2D eigenvalue weighted by molar-refractivity contribution is 9.10. The molecule has 0 saturated carbocycles. The lowest BCUT2D eigenvalue weighted by atomic mass is 10.0. The van der Waals surface area contributed by atoms with E-state index >= 15 is 0 Å². The molecule has 0 radical (unpaired) electrons. The fraction of sp³-hybridized carbons (Fsp3) is 0.188. The van der Waals surface area contributed by atoms with Gasteiger partial charge in [-0.3, -0.25) is 4.90 Å². The molecule has 1 aliphatic carbocycles. The molecule has 5 aromatic rings. The molecule has 2 amide bonds. The highest BCUT2D eigenvalue weighted by atomic mass is 79.9. The summed E-state index contributed by atoms with van der Waals surface area (Å²) >= 11 is 3.48. The minimum absolute atomic E-state index is 0.181. The average molecular weight is 610 g/mol. The highest BCUT2D eigenvalue weighted by Gasteiger charge is 2.23. The predicted molar refractivity (Wildman–Crippen MR) is 161 cm³/mol. The van der Waals surface area contributed by atoms with Crippen molar-refractivity contribution in [2.24, 2.45) is 0 Å². The Morgan fingerprint density at radius 1 is 0.976 bits per heavy atom. The molecule has 9 heteroatoms. The lowest BCUT2D eigenvalue weighted by molar-refractivity contribution is 0.176. The number of rotatable bonds is 8. The van der Waals surface area contributed by atoms with Crippen molar-refractivity contribution < 1.29 is 9.90 Å². The van der Waals surface area contributed by atoms with Crippen LogP contribution in [-0.4, -0.2) is 31.8 Å². The highest BCUT2D eigenvalue weighted by Crippen LogP contribution is 2.38. The molecule has 0 fully saturated rings. The fourth-order valence-electron chi connectivity index (χ4n) is 5.27. The second-order valence-corrected chi connectivity index (χ2v) is 11.2. The van der Waals surface area contributed by atoms with Crippen molar-refractivity contribution in [2.45, 2.75) is 38.5 Å². The summed E-state index contributed by atoms with van der Waals surface area (Å²) in [5.41, 5.74) is 8.52. The summed E-state index contributed by atoms with van der Waals surface area (Å²) in [6, 6.07) is 29.9. The fourth-order valence-corrected chi connectivity index (χ4v) is 5.53. The van der Waals surface area contributed by atoms with Crippen LogP contribution in [0.4, 0.5) is 10.5 Å². The van der Waals surface area contributed by atoms with Crippen LogP contribution in [0.1, 0.15) is 52.7 Å². The van der Waals surface area contributed by atoms with Gasteiger partial charge in [0.25, 0.3) is 0 Å². The summed E-state index contributed by atoms with van der Waals surface area (Å²) in [6.45, 7) is 2.35. The molecule has 0 bridgehead atoms. The number of hydrogen-bond acceptors (Lipinski definition) is 5. The van der Waals surface area contributed by atoms with Crippen molar-refractivity contribution in [1.82, 2.24) is 25.9 Å². The number of urea groups is 1. The summed E-state index contributed by atoms with van der Waals surface area (Å²) < 4.78 is 0.992. The number of fused-ring (bicyclic) bond motifs is 3. The second kappa shape index (κ2) is 11.6. The smallest absolute Gasteiger partial charge is 0.322 e. The van der Waals surface area contributed by atoms with Gasteiger partial charge in [0.2, 0.25) is 0 Å². The molecule has 0 saturated heterocycles. The second-order valence-electron chi connectivity index (χ2n) is 10.3. The zero-order valence-electron chi connectivity index (χ0n) is 22.5. The van der Waals surface area contributed by atoms with Gasteiger partial charge in [-0.1, -0.05) is 87.9 Å². The van der Waals surface area contributed by atoms with Gasteiger partial charge in [0.1, 0.15) is 0 Å². The molecule has 2 unspecified atom stereocenters. The average Bonchev–Trinajstić information content (AvgIpc) is 3.63. The lowest BCUT2D eigenvalue weighted by Gasteiger charge is -2.26. The predicted octanol–water partition coefficient (Wildman–Crippen LogP) is 6.29. The minimum atomic E-state index is -0.758. The Hall–Kier alpha value is -4.34. The number of carbonyl (C=O) groups is 1. The summed E-state index contributed by atoms with van der Waals surface area (Å²) in [5, 5.41) is 27.6. The Balaban J connectivity index is 1.25. The van der Waals surface area contributed by atoms with Crippen molar-refractivity contribution in [1.29, 1.82) is 0 Å². The Kier molecular flexibility index (Phi) is 7.63. The van der Waals surface area contributed by atoms with Gasteiger partial charge in [-0.05, 0) is 76.6 Å². The number of nitrogens with one attached hydrogen (secondary N) is 2. The molecule has 8 nitrogen and oxygen atoms in total. The van der Waals surface area contributed by atoms with Crippen molar-refractivity contribution in [3.63, 3.8) is 0 Å². The molecule has 0 spiro atoms. The molecule has 3 N–H and O–H groups in total. The zero-order valence-corrected chi connectivity index (χ0v) is 24.0. The van der Waals surface area contributed by atoms with E-state index in [1.807, 2.05) is 61.5 Å². The van der Waals surface area contributed by atoms with E-state index in [1.165, 1.54) is 22.3 Å². The van der Waals surface area contributed by atoms with Gasteiger partial charge in [0, 0.05) is 16.6 Å². The Labute approximate surface area is 246 Å². The molecular formula is C32H29BrN6O2. The summed E-state index contributed by atoms with van der Waals surface area (Å²) in [7, 11) is 0. The number of aliphatic hydroxyl groups is 1. The van der Waals surface area contributed by atoms with Crippen LogP contribution in [0.2, 0.25) is 0 Å². The number of aliphatic hydroxyl groups excluding tert-OH is 1. The molecule has 1 aliphatic rings. The Bertz CT molecular complexity index is 1660. The standard InChI is InChI=1S/C32H29BrN6O2/c1-20(22-10-12-26(33)13-11-22)34-32(41)39(27-14-15-29-25(17-27)16-24-4-2-3-5-28(24)29)19-21-6-8-23(9-7-21)30(40)18-31-35-37-38-36-31/h2-15,17,20,30,40H,16,18-19H2,1H3,(H,34,41)(H,35,36,37,38). The normalized spacial score (nSPS) is 13.2. The number of anilines is 1. The number of nitrogens with zero attached hydrogens (tertiary/aromatic N) is 4. The first-order valence-electron chi connectivity index (χ1n) is 13.5. The van der Waals surface area contributed by atoms with E-state index in [0.29, 0.717) is 12.4 Å². The summed E-state index contributed by atoms with van der Waals surface area (Å²) in [6.07, 6.45) is 0.346. The van der Waals surface area contributed by atoms with Crippen LogP contribution in [0.25, 0.3) is 11.1 Å². The molecule has 1 aromatic heterocycles. The van der Waals surface area contributed by atoms with Gasteiger partial charge < -0.3 is 10.4 Å². The SMILES string of the molecule is CC(NC(=O)N(Cc1ccc(C(O)Cc2nn[nH]n2)cc1)c1ccc2c(c1)Cc1ccccc1-2)c1ccc(Br)cc1. The number of halogens is 1. The Morgan fingerprint density at radius 2 is 1.71 bits per heavy atom. The van der Waals surface area contributed by atoms with Gasteiger partial charge in [-0.2, -0.15) is 5.21 Å². The van der Waals surface area contributed by atoms with Gasteiger partial charge in [-0.15, -0.1) is 10.2 Å². The third kappa shape index (κ3) is 5.91. The maximum atomic E-state index is 13.8. The van der Waals surface area contributed by atoms with Gasteiger partial charge in [-0.25, -0.2) is 4.79 Å². The molecule has 4 aromatic carbocycles. The van der Waals surface area contributed by atoms with Crippen LogP contribution < -0.4 is 10.2 Å². The van der Waals surface area contributed by atoms with Crippen LogP contribution in [0, 0.1) is 0 Å². The van der Waals surface area contributed by atoms with Crippen LogP contribution >= 0.6 is 15.9 Å². The number of aromatic amines is 1. The number of carbonyl (C=O) groups excluding carboxylic acids is 1. The third-order valence-electron chi connectivity index (χ3n) is 7.51. The van der Waals surface area contributed by atoms with Crippen LogP contribution in [-0.2, 0) is 19.4 Å². The Morgan fingerprint density at radius 3 is 2.46 bits per heavy atom. The monoisotopic (exact) mass is 608 g/mol. The molecule has 2 atom stereocenters. The number of amides is 2. The number of benzene rings is 4. The molecule has 6 rings (SSSR count). The first-order chi connectivity index (χ1) is 19.9. The summed E-state index contributed by atoms with van der Waals surface area (Å²) in [4.78, 5) is 15.6. The molecule has 206 valence electrons. The summed E-state index contributed by atoms with van der Waals surface area (Å²) in [5.74, 6) is 0.447. The van der Waals surface area contributed by atoms with Crippen LogP contribution in [0.3, 0.4) is 0 Å². The number of hydrogen-bond donors (Lipinski definition) is 3. The van der Waals surface area contributed by atoms with Crippen LogP contribution in [0.5, 0.6) is 0 Å². The van der Waals surface area contributed by atoms with Gasteiger partial charge in [0.05, 0.1) is 18.7 Å². The quantitative estimate of drug-likeness (QED) is 0.188. The first-order valence-corrected chi connectivity index (χ1v) is 14.3. The van der Waals surface area contributed by atoms with Crippen molar-refractivity contribution >= 4 is 27.6 Å². The molecule has 1 heterocycles. The van der Waals surface area contributed by atoms with Crippen molar-refractivity contribution in [2.75, 3.05) is 4.90 Å². The number of H-pyrrole nitrogens is 1. The van der Waals surface area contributed by atoms with Gasteiger partial charge in [0.15, 0.2) is 5.82 Å². The maximum absolute atomic E-state index is 13.8. The zero-order chi connectivity index (χ0) is 28.3. The van der Waals surface area contributed by atoms with E-state index < -0.39 is 6.10 Å². The third-order valence-corrected chi connectivity index (χ3v) is 8.04. The van der Waals surface area contributed by atoms with Crippen molar-refractivity contribution in [3.05, 3.63) is 129 Å². The van der Waals surface area contributed by atoms with E-state index in [9.17, 15) is 9.90 Å². The van der Waals surface area contributed by atoms with E-state index in [4.69, 9.17) is 0 Å². The van der Waals surface area contributed by atoms with E-state index in [-0.39, 0.29) is 18.5 Å². The van der Waals surface area contributed by atoms with E-state index in [0.717, 1.165) is 33.3 Å². The number of tetrazole rings is 1. The maximum Gasteiger partial charge on any atom is 0.322 e. The van der Waals surface area contributed by atoms with E-state index in [1.54, 1.807) is 4.90 Å². The van der Waals surface area contributed by atoms with Crippen LogP contribution in [0.15, 0.2) is 95.5 Å².